The second-order valence-electron chi connectivity index (χ2n) is 8.11. The van der Waals surface area contributed by atoms with Gasteiger partial charge in [0.1, 0.15) is 5.75 Å². The Labute approximate surface area is 186 Å². The highest BCUT2D eigenvalue weighted by Crippen LogP contribution is 2.24. The van der Waals surface area contributed by atoms with Crippen molar-refractivity contribution in [3.63, 3.8) is 0 Å². The van der Waals surface area contributed by atoms with Gasteiger partial charge in [-0.15, -0.1) is 11.3 Å². The van der Waals surface area contributed by atoms with Crippen molar-refractivity contribution in [2.45, 2.75) is 33.2 Å². The molecule has 0 bridgehead atoms. The van der Waals surface area contributed by atoms with Crippen molar-refractivity contribution in [3.05, 3.63) is 52.7 Å². The summed E-state index contributed by atoms with van der Waals surface area (Å²) in [5.74, 6) is 2.47. The van der Waals surface area contributed by atoms with E-state index in [2.05, 4.69) is 41.0 Å². The number of carbonyl (C=O) groups excluding carboxylic acids is 1. The van der Waals surface area contributed by atoms with Gasteiger partial charge in [0.05, 0.1) is 11.4 Å². The van der Waals surface area contributed by atoms with Crippen molar-refractivity contribution in [2.24, 2.45) is 0 Å². The molecule has 1 aliphatic rings. The number of amides is 1. The van der Waals surface area contributed by atoms with Crippen molar-refractivity contribution in [3.8, 4) is 16.5 Å². The summed E-state index contributed by atoms with van der Waals surface area (Å²) >= 11 is 1.59. The molecule has 1 amide bonds. The number of aryl methyl sites for hydroxylation is 1. The van der Waals surface area contributed by atoms with Gasteiger partial charge in [0.2, 0.25) is 11.7 Å². The zero-order valence-electron chi connectivity index (χ0n) is 18.2. The van der Waals surface area contributed by atoms with Gasteiger partial charge in [-0.2, -0.15) is 4.98 Å². The van der Waals surface area contributed by atoms with Crippen molar-refractivity contribution >= 4 is 17.2 Å². The minimum absolute atomic E-state index is 0.0202. The normalized spacial score (nSPS) is 14.9. The summed E-state index contributed by atoms with van der Waals surface area (Å²) in [5, 5.41) is 6.05. The number of hydrogen-bond acceptors (Lipinski definition) is 7. The predicted octanol–water partition coefficient (Wildman–Crippen LogP) is 3.95. The quantitative estimate of drug-likeness (QED) is 0.554. The van der Waals surface area contributed by atoms with Crippen LogP contribution in [0.25, 0.3) is 10.7 Å². The molecule has 8 heteroatoms. The Morgan fingerprint density at radius 2 is 2.03 bits per heavy atom. The maximum Gasteiger partial charge on any atom is 0.260 e. The van der Waals surface area contributed by atoms with E-state index in [0.29, 0.717) is 37.3 Å². The topological polar surface area (TPSA) is 71.7 Å². The van der Waals surface area contributed by atoms with E-state index in [1.165, 1.54) is 5.56 Å². The number of benzene rings is 1. The molecule has 0 saturated carbocycles. The van der Waals surface area contributed by atoms with E-state index < -0.39 is 0 Å². The molecule has 164 valence electrons. The number of rotatable bonds is 7. The first-order chi connectivity index (χ1) is 15.0. The first-order valence-electron chi connectivity index (χ1n) is 10.6. The molecule has 0 aliphatic carbocycles. The van der Waals surface area contributed by atoms with Crippen LogP contribution in [0.3, 0.4) is 0 Å². The molecule has 1 aromatic carbocycles. The van der Waals surface area contributed by atoms with Crippen LogP contribution in [0.2, 0.25) is 0 Å². The zero-order valence-corrected chi connectivity index (χ0v) is 19.0. The minimum Gasteiger partial charge on any atom is -0.483 e. The Morgan fingerprint density at radius 3 is 2.74 bits per heavy atom. The van der Waals surface area contributed by atoms with Gasteiger partial charge in [-0.1, -0.05) is 37.2 Å². The lowest BCUT2D eigenvalue weighted by Gasteiger charge is -2.33. The van der Waals surface area contributed by atoms with Crippen LogP contribution >= 0.6 is 11.3 Å². The van der Waals surface area contributed by atoms with Gasteiger partial charge in [-0.25, -0.2) is 0 Å². The molecule has 0 N–H and O–H groups in total. The number of piperazine rings is 1. The predicted molar refractivity (Wildman–Crippen MR) is 120 cm³/mol. The molecule has 0 atom stereocenters. The minimum atomic E-state index is 0.0202. The fourth-order valence-corrected chi connectivity index (χ4v) is 4.18. The summed E-state index contributed by atoms with van der Waals surface area (Å²) in [6.45, 7) is 9.83. The highest BCUT2D eigenvalue weighted by molar-refractivity contribution is 7.13. The molecule has 4 rings (SSSR count). The maximum absolute atomic E-state index is 12.6. The lowest BCUT2D eigenvalue weighted by Crippen LogP contribution is -2.49. The van der Waals surface area contributed by atoms with Crippen LogP contribution < -0.4 is 4.74 Å². The average molecular weight is 441 g/mol. The molecule has 0 spiro atoms. The fraction of sp³-hybridized carbons (Fsp3) is 0.435. The van der Waals surface area contributed by atoms with E-state index >= 15 is 0 Å². The average Bonchev–Trinajstić information content (AvgIpc) is 3.45. The van der Waals surface area contributed by atoms with E-state index in [4.69, 9.17) is 9.26 Å². The number of ether oxygens (including phenoxy) is 1. The van der Waals surface area contributed by atoms with Gasteiger partial charge in [-0.3, -0.25) is 9.69 Å². The van der Waals surface area contributed by atoms with Gasteiger partial charge in [-0.05, 0) is 41.5 Å². The summed E-state index contributed by atoms with van der Waals surface area (Å²) in [5.41, 5.74) is 2.26. The van der Waals surface area contributed by atoms with Crippen molar-refractivity contribution in [2.75, 3.05) is 32.8 Å². The summed E-state index contributed by atoms with van der Waals surface area (Å²) in [6.07, 6.45) is 0. The molecule has 0 unspecified atom stereocenters. The molecule has 1 saturated heterocycles. The molecule has 7 nitrogen and oxygen atoms in total. The molecule has 3 heterocycles. The standard InChI is InChI=1S/C23H28N4O3S/c1-16(2)18-7-6-17(3)19(13-18)29-15-22(28)27-10-8-26(9-11-27)14-21-24-23(25-30-21)20-5-4-12-31-20/h4-7,12-13,16H,8-11,14-15H2,1-3H3. The first-order valence-corrected chi connectivity index (χ1v) is 11.5. The molecular formula is C23H28N4O3S. The van der Waals surface area contributed by atoms with Crippen LogP contribution in [0.1, 0.15) is 36.8 Å². The SMILES string of the molecule is Cc1ccc(C(C)C)cc1OCC(=O)N1CCN(Cc2nc(-c3cccs3)no2)CC1. The van der Waals surface area contributed by atoms with Crippen molar-refractivity contribution < 1.29 is 14.1 Å². The second-order valence-corrected chi connectivity index (χ2v) is 9.06. The Bertz CT molecular complexity index is 1010. The van der Waals surface area contributed by atoms with Gasteiger partial charge in [0.25, 0.3) is 5.91 Å². The van der Waals surface area contributed by atoms with Gasteiger partial charge >= 0.3 is 0 Å². The number of nitrogens with zero attached hydrogens (tertiary/aromatic N) is 4. The highest BCUT2D eigenvalue weighted by atomic mass is 32.1. The molecule has 1 fully saturated rings. The van der Waals surface area contributed by atoms with E-state index in [1.807, 2.05) is 35.4 Å². The Hall–Kier alpha value is -2.71. The van der Waals surface area contributed by atoms with Crippen LogP contribution in [0, 0.1) is 6.92 Å². The largest absolute Gasteiger partial charge is 0.483 e. The Morgan fingerprint density at radius 1 is 1.23 bits per heavy atom. The lowest BCUT2D eigenvalue weighted by molar-refractivity contribution is -0.135. The molecule has 1 aliphatic heterocycles. The van der Waals surface area contributed by atoms with Crippen LogP contribution in [0.15, 0.2) is 40.2 Å². The third-order valence-electron chi connectivity index (χ3n) is 5.52. The van der Waals surface area contributed by atoms with Gasteiger partial charge in [0.15, 0.2) is 6.61 Å². The van der Waals surface area contributed by atoms with Crippen LogP contribution in [-0.4, -0.2) is 58.6 Å². The highest BCUT2D eigenvalue weighted by Gasteiger charge is 2.23. The van der Waals surface area contributed by atoms with E-state index in [9.17, 15) is 4.79 Å². The smallest absolute Gasteiger partial charge is 0.260 e. The second kappa shape index (κ2) is 9.62. The van der Waals surface area contributed by atoms with Gasteiger partial charge < -0.3 is 14.2 Å². The third kappa shape index (κ3) is 5.32. The fourth-order valence-electron chi connectivity index (χ4n) is 3.53. The third-order valence-corrected chi connectivity index (χ3v) is 6.39. The Kier molecular flexibility index (Phi) is 6.67. The van der Waals surface area contributed by atoms with E-state index in [-0.39, 0.29) is 12.5 Å². The summed E-state index contributed by atoms with van der Waals surface area (Å²) in [4.78, 5) is 22.2. The van der Waals surface area contributed by atoms with E-state index in [0.717, 1.165) is 29.3 Å². The van der Waals surface area contributed by atoms with Crippen LogP contribution in [0.4, 0.5) is 0 Å². The summed E-state index contributed by atoms with van der Waals surface area (Å²) in [7, 11) is 0. The first kappa shape index (κ1) is 21.5. The number of thiophene rings is 1. The summed E-state index contributed by atoms with van der Waals surface area (Å²) in [6, 6.07) is 10.2. The van der Waals surface area contributed by atoms with Crippen molar-refractivity contribution in [1.82, 2.24) is 19.9 Å². The number of carbonyl (C=O) groups is 1. The van der Waals surface area contributed by atoms with Crippen molar-refractivity contribution in [1.29, 1.82) is 0 Å². The summed E-state index contributed by atoms with van der Waals surface area (Å²) < 4.78 is 11.3. The Balaban J connectivity index is 1.25. The zero-order chi connectivity index (χ0) is 21.8. The molecular weight excluding hydrogens is 412 g/mol. The molecule has 3 aromatic rings. The maximum atomic E-state index is 12.6. The van der Waals surface area contributed by atoms with E-state index in [1.54, 1.807) is 11.3 Å². The van der Waals surface area contributed by atoms with Crippen LogP contribution in [0.5, 0.6) is 5.75 Å². The van der Waals surface area contributed by atoms with Gasteiger partial charge in [0, 0.05) is 26.2 Å². The lowest BCUT2D eigenvalue weighted by atomic mass is 10.0. The molecule has 0 radical (unpaired) electrons. The monoisotopic (exact) mass is 440 g/mol. The molecule has 2 aromatic heterocycles. The number of hydrogen-bond donors (Lipinski definition) is 0. The number of aromatic nitrogens is 2. The molecule has 31 heavy (non-hydrogen) atoms. The van der Waals surface area contributed by atoms with Crippen LogP contribution in [-0.2, 0) is 11.3 Å².